The van der Waals surface area contributed by atoms with Gasteiger partial charge in [-0.05, 0) is 46.9 Å². The minimum atomic E-state index is -0.0521. The van der Waals surface area contributed by atoms with E-state index < -0.39 is 0 Å². The summed E-state index contributed by atoms with van der Waals surface area (Å²) in [5, 5.41) is 3.13. The van der Waals surface area contributed by atoms with Crippen molar-refractivity contribution in [3.8, 4) is 23.0 Å². The van der Waals surface area contributed by atoms with Crippen molar-refractivity contribution in [1.82, 2.24) is 10.2 Å². The topological polar surface area (TPSA) is 69.3 Å². The molecule has 3 aromatic rings. The SMILES string of the molecule is COc1ccc2c(c1OC)CN1CCc3cc4c(cc3C1C2CC(=O)NCc1ccccc1)OCO4. The average Bonchev–Trinajstić information content (AvgIpc) is 3.37. The first-order valence-electron chi connectivity index (χ1n) is 12.4. The molecule has 0 saturated carbocycles. The highest BCUT2D eigenvalue weighted by Crippen LogP contribution is 2.52. The fraction of sp³-hybridized carbons (Fsp3) is 0.345. The molecule has 2 unspecified atom stereocenters. The Kier molecular flexibility index (Phi) is 5.93. The van der Waals surface area contributed by atoms with E-state index in [0.717, 1.165) is 53.4 Å². The third kappa shape index (κ3) is 3.93. The first-order chi connectivity index (χ1) is 17.7. The van der Waals surface area contributed by atoms with Crippen LogP contribution in [0.5, 0.6) is 23.0 Å². The molecule has 0 fully saturated rings. The van der Waals surface area contributed by atoms with Crippen LogP contribution in [0, 0.1) is 0 Å². The summed E-state index contributed by atoms with van der Waals surface area (Å²) in [6, 6.07) is 18.3. The van der Waals surface area contributed by atoms with E-state index in [1.54, 1.807) is 14.2 Å². The third-order valence-electron chi connectivity index (χ3n) is 7.58. The Morgan fingerprint density at radius 1 is 1.03 bits per heavy atom. The van der Waals surface area contributed by atoms with Crippen molar-refractivity contribution >= 4 is 5.91 Å². The van der Waals surface area contributed by atoms with Gasteiger partial charge in [0.25, 0.3) is 0 Å². The largest absolute Gasteiger partial charge is 0.493 e. The smallest absolute Gasteiger partial charge is 0.231 e. The van der Waals surface area contributed by atoms with Crippen LogP contribution in [-0.2, 0) is 24.3 Å². The molecule has 7 nitrogen and oxygen atoms in total. The molecule has 36 heavy (non-hydrogen) atoms. The van der Waals surface area contributed by atoms with Gasteiger partial charge in [-0.25, -0.2) is 0 Å². The molecule has 3 aromatic carbocycles. The van der Waals surface area contributed by atoms with Gasteiger partial charge in [0.1, 0.15) is 0 Å². The maximum Gasteiger partial charge on any atom is 0.231 e. The highest BCUT2D eigenvalue weighted by Gasteiger charge is 2.42. The quantitative estimate of drug-likeness (QED) is 0.559. The van der Waals surface area contributed by atoms with Crippen LogP contribution in [0.15, 0.2) is 54.6 Å². The summed E-state index contributed by atoms with van der Waals surface area (Å²) in [5.41, 5.74) is 5.79. The van der Waals surface area contributed by atoms with Crippen molar-refractivity contribution in [2.75, 3.05) is 27.6 Å². The van der Waals surface area contributed by atoms with Gasteiger partial charge in [0.15, 0.2) is 23.0 Å². The molecule has 3 aliphatic heterocycles. The molecular formula is C29H30N2O5. The summed E-state index contributed by atoms with van der Waals surface area (Å²) in [4.78, 5) is 15.8. The van der Waals surface area contributed by atoms with Gasteiger partial charge in [0.05, 0.1) is 14.2 Å². The normalized spacial score (nSPS) is 19.6. The second-order valence-corrected chi connectivity index (χ2v) is 9.51. The second kappa shape index (κ2) is 9.39. The second-order valence-electron chi connectivity index (χ2n) is 9.51. The van der Waals surface area contributed by atoms with Gasteiger partial charge in [-0.15, -0.1) is 0 Å². The minimum Gasteiger partial charge on any atom is -0.493 e. The molecule has 0 aliphatic carbocycles. The number of hydrogen-bond acceptors (Lipinski definition) is 6. The average molecular weight is 487 g/mol. The Hall–Kier alpha value is -3.71. The molecule has 0 bridgehead atoms. The predicted molar refractivity (Wildman–Crippen MR) is 135 cm³/mol. The van der Waals surface area contributed by atoms with E-state index in [1.807, 2.05) is 36.4 Å². The maximum absolute atomic E-state index is 13.3. The van der Waals surface area contributed by atoms with Crippen LogP contribution in [0.2, 0.25) is 0 Å². The van der Waals surface area contributed by atoms with Gasteiger partial charge in [0.2, 0.25) is 12.7 Å². The van der Waals surface area contributed by atoms with Crippen molar-refractivity contribution in [2.24, 2.45) is 0 Å². The first kappa shape index (κ1) is 22.7. The fourth-order valence-electron chi connectivity index (χ4n) is 5.92. The van der Waals surface area contributed by atoms with Crippen LogP contribution in [0.1, 0.15) is 46.2 Å². The van der Waals surface area contributed by atoms with Crippen LogP contribution in [0.4, 0.5) is 0 Å². The number of nitrogens with zero attached hydrogens (tertiary/aromatic N) is 1. The van der Waals surface area contributed by atoms with Crippen molar-refractivity contribution in [2.45, 2.75) is 37.9 Å². The number of nitrogens with one attached hydrogen (secondary N) is 1. The van der Waals surface area contributed by atoms with Crippen LogP contribution < -0.4 is 24.3 Å². The lowest BCUT2D eigenvalue weighted by atomic mass is 9.74. The summed E-state index contributed by atoms with van der Waals surface area (Å²) >= 11 is 0. The number of methoxy groups -OCH3 is 2. The zero-order valence-electron chi connectivity index (χ0n) is 20.6. The number of carbonyl (C=O) groups excluding carboxylic acids is 1. The standard InChI is InChI=1S/C29H30N2O5/c1-33-24-9-8-20-22(14-27(32)30-15-18-6-4-3-5-7-18)28-21-13-26-25(35-17-36-26)12-19(21)10-11-31(28)16-23(20)29(24)34-2/h3-9,12-13,22,28H,10-11,14-17H2,1-2H3,(H,30,32). The number of hydrogen-bond donors (Lipinski definition) is 1. The van der Waals surface area contributed by atoms with Crippen LogP contribution in [0.3, 0.4) is 0 Å². The zero-order chi connectivity index (χ0) is 24.6. The van der Waals surface area contributed by atoms with Gasteiger partial charge in [0, 0.05) is 43.6 Å². The number of fused-ring (bicyclic) bond motifs is 5. The van der Waals surface area contributed by atoms with Gasteiger partial charge in [-0.3, -0.25) is 9.69 Å². The Labute approximate surface area is 210 Å². The highest BCUT2D eigenvalue weighted by atomic mass is 16.7. The lowest BCUT2D eigenvalue weighted by Gasteiger charge is -2.46. The van der Waals surface area contributed by atoms with Gasteiger partial charge >= 0.3 is 0 Å². The molecule has 186 valence electrons. The predicted octanol–water partition coefficient (Wildman–Crippen LogP) is 4.34. The van der Waals surface area contributed by atoms with Crippen molar-refractivity contribution in [1.29, 1.82) is 0 Å². The summed E-state index contributed by atoms with van der Waals surface area (Å²) in [7, 11) is 3.34. The monoisotopic (exact) mass is 486 g/mol. The van der Waals surface area contributed by atoms with E-state index in [-0.39, 0.29) is 24.7 Å². The van der Waals surface area contributed by atoms with Crippen molar-refractivity contribution in [3.63, 3.8) is 0 Å². The number of ether oxygens (including phenoxy) is 4. The van der Waals surface area contributed by atoms with Gasteiger partial charge < -0.3 is 24.3 Å². The first-order valence-corrected chi connectivity index (χ1v) is 12.4. The van der Waals surface area contributed by atoms with Crippen molar-refractivity contribution in [3.05, 3.63) is 82.4 Å². The molecule has 2 atom stereocenters. The minimum absolute atomic E-state index is 0.0271. The lowest BCUT2D eigenvalue weighted by Crippen LogP contribution is -2.43. The lowest BCUT2D eigenvalue weighted by molar-refractivity contribution is -0.122. The number of carbonyl (C=O) groups is 1. The molecule has 1 amide bonds. The summed E-state index contributed by atoms with van der Waals surface area (Å²) < 4.78 is 22.8. The van der Waals surface area contributed by atoms with Gasteiger partial charge in [-0.2, -0.15) is 0 Å². The van der Waals surface area contributed by atoms with Crippen LogP contribution in [0.25, 0.3) is 0 Å². The molecule has 6 rings (SSSR count). The molecule has 0 saturated heterocycles. The van der Waals surface area contributed by atoms with E-state index in [1.165, 1.54) is 11.1 Å². The molecule has 0 aromatic heterocycles. The summed E-state index contributed by atoms with van der Waals surface area (Å²) in [6.45, 7) is 2.38. The van der Waals surface area contributed by atoms with E-state index >= 15 is 0 Å². The van der Waals surface area contributed by atoms with Gasteiger partial charge in [-0.1, -0.05) is 36.4 Å². The van der Waals surface area contributed by atoms with Crippen LogP contribution >= 0.6 is 0 Å². The summed E-state index contributed by atoms with van der Waals surface area (Å²) in [6.07, 6.45) is 1.28. The fourth-order valence-corrected chi connectivity index (χ4v) is 5.92. The van der Waals surface area contributed by atoms with E-state index in [2.05, 4.69) is 28.4 Å². The maximum atomic E-state index is 13.3. The third-order valence-corrected chi connectivity index (χ3v) is 7.58. The molecular weight excluding hydrogens is 456 g/mol. The number of amides is 1. The molecule has 1 N–H and O–H groups in total. The molecule has 3 heterocycles. The Morgan fingerprint density at radius 3 is 2.61 bits per heavy atom. The molecule has 0 radical (unpaired) electrons. The van der Waals surface area contributed by atoms with Crippen LogP contribution in [-0.4, -0.2) is 38.4 Å². The Balaban J connectivity index is 1.38. The Bertz CT molecular complexity index is 1290. The highest BCUT2D eigenvalue weighted by molar-refractivity contribution is 5.77. The van der Waals surface area contributed by atoms with E-state index in [4.69, 9.17) is 18.9 Å². The number of rotatable bonds is 6. The zero-order valence-corrected chi connectivity index (χ0v) is 20.6. The van der Waals surface area contributed by atoms with E-state index in [0.29, 0.717) is 18.7 Å². The van der Waals surface area contributed by atoms with E-state index in [9.17, 15) is 4.79 Å². The molecule has 7 heteroatoms. The van der Waals surface area contributed by atoms with Crippen molar-refractivity contribution < 1.29 is 23.7 Å². The number of benzene rings is 3. The molecule has 3 aliphatic rings. The Morgan fingerprint density at radius 2 is 1.83 bits per heavy atom. The summed E-state index contributed by atoms with van der Waals surface area (Å²) in [5.74, 6) is 3.02. The molecule has 0 spiro atoms.